The van der Waals surface area contributed by atoms with Crippen molar-refractivity contribution in [2.45, 2.75) is 6.43 Å². The zero-order chi connectivity index (χ0) is 7.56. The van der Waals surface area contributed by atoms with E-state index >= 15 is 0 Å². The molecule has 3 nitrogen and oxygen atoms in total. The van der Waals surface area contributed by atoms with Gasteiger partial charge in [-0.1, -0.05) is 0 Å². The molecule has 0 unspecified atom stereocenters. The molecule has 5 heteroatoms. The largest absolute Gasteiger partial charge is 0.282 e. The fraction of sp³-hybridized carbons (Fsp3) is 0.200. The van der Waals surface area contributed by atoms with Crippen LogP contribution in [-0.4, -0.2) is 10.2 Å². The molecule has 0 saturated heterocycles. The summed E-state index contributed by atoms with van der Waals surface area (Å²) in [4.78, 5) is 10.3. The Balaban J connectivity index is 3.00. The Bertz CT molecular complexity index is 250. The summed E-state index contributed by atoms with van der Waals surface area (Å²) in [6.45, 7) is 0. The minimum atomic E-state index is -2.63. The maximum atomic E-state index is 11.7. The van der Waals surface area contributed by atoms with Gasteiger partial charge in [0.25, 0.3) is 12.0 Å². The van der Waals surface area contributed by atoms with Crippen LogP contribution in [0.5, 0.6) is 0 Å². The molecule has 0 aliphatic carbocycles. The van der Waals surface area contributed by atoms with Crippen LogP contribution in [0.2, 0.25) is 0 Å². The molecule has 1 N–H and O–H groups in total. The molecule has 0 aliphatic heterocycles. The lowest BCUT2D eigenvalue weighted by Gasteiger charge is -1.93. The van der Waals surface area contributed by atoms with Gasteiger partial charge in [0.1, 0.15) is 5.69 Å². The first-order chi connectivity index (χ1) is 4.70. The van der Waals surface area contributed by atoms with Crippen molar-refractivity contribution in [3.63, 3.8) is 0 Å². The summed E-state index contributed by atoms with van der Waals surface area (Å²) in [5.74, 6) is 0. The number of aromatic nitrogens is 2. The maximum Gasteiger partial charge on any atom is 0.282 e. The molecule has 1 rings (SSSR count). The van der Waals surface area contributed by atoms with Crippen LogP contribution in [0.3, 0.4) is 0 Å². The van der Waals surface area contributed by atoms with E-state index in [2.05, 4.69) is 5.10 Å². The second-order valence-corrected chi connectivity index (χ2v) is 1.65. The van der Waals surface area contributed by atoms with Crippen molar-refractivity contribution in [3.8, 4) is 0 Å². The van der Waals surface area contributed by atoms with Gasteiger partial charge in [0.05, 0.1) is 0 Å². The normalized spacial score (nSPS) is 10.3. The van der Waals surface area contributed by atoms with Crippen molar-refractivity contribution in [2.75, 3.05) is 0 Å². The molecule has 0 aliphatic rings. The van der Waals surface area contributed by atoms with Crippen LogP contribution >= 0.6 is 0 Å². The van der Waals surface area contributed by atoms with Crippen molar-refractivity contribution in [3.05, 3.63) is 28.2 Å². The van der Waals surface area contributed by atoms with Crippen LogP contribution in [0.25, 0.3) is 0 Å². The van der Waals surface area contributed by atoms with Crippen LogP contribution in [0.1, 0.15) is 12.1 Å². The van der Waals surface area contributed by atoms with Crippen molar-refractivity contribution >= 4 is 0 Å². The van der Waals surface area contributed by atoms with Gasteiger partial charge in [0.2, 0.25) is 0 Å². The van der Waals surface area contributed by atoms with Gasteiger partial charge >= 0.3 is 0 Å². The van der Waals surface area contributed by atoms with Crippen molar-refractivity contribution in [1.82, 2.24) is 10.2 Å². The maximum absolute atomic E-state index is 11.7. The Morgan fingerprint density at radius 3 is 2.60 bits per heavy atom. The Morgan fingerprint density at radius 2 is 2.20 bits per heavy atom. The van der Waals surface area contributed by atoms with Gasteiger partial charge in [-0.15, -0.1) is 0 Å². The van der Waals surface area contributed by atoms with Gasteiger partial charge in [-0.05, 0) is 6.07 Å². The van der Waals surface area contributed by atoms with Crippen molar-refractivity contribution in [1.29, 1.82) is 0 Å². The number of alkyl halides is 2. The molecule has 0 radical (unpaired) electrons. The minimum Gasteiger partial charge on any atom is -0.268 e. The number of hydrogen-bond acceptors (Lipinski definition) is 2. The van der Waals surface area contributed by atoms with E-state index in [1.807, 2.05) is 5.10 Å². The molecule has 0 saturated carbocycles. The minimum absolute atomic E-state index is 0.417. The highest BCUT2D eigenvalue weighted by atomic mass is 19.3. The molecule has 0 aromatic carbocycles. The highest BCUT2D eigenvalue weighted by molar-refractivity contribution is 4.99. The van der Waals surface area contributed by atoms with E-state index in [0.717, 1.165) is 12.1 Å². The molecule has 0 bridgehead atoms. The fourth-order valence-corrected chi connectivity index (χ4v) is 0.477. The number of halogens is 2. The van der Waals surface area contributed by atoms with E-state index in [-0.39, 0.29) is 0 Å². The van der Waals surface area contributed by atoms with Crippen LogP contribution in [0, 0.1) is 0 Å². The first kappa shape index (κ1) is 6.85. The first-order valence-electron chi connectivity index (χ1n) is 2.54. The zero-order valence-electron chi connectivity index (χ0n) is 4.84. The van der Waals surface area contributed by atoms with Crippen molar-refractivity contribution < 1.29 is 8.78 Å². The van der Waals surface area contributed by atoms with Crippen LogP contribution in [-0.2, 0) is 0 Å². The van der Waals surface area contributed by atoms with Crippen molar-refractivity contribution in [2.24, 2.45) is 0 Å². The molecule has 0 atom stereocenters. The van der Waals surface area contributed by atoms with E-state index in [0.29, 0.717) is 0 Å². The number of H-pyrrole nitrogens is 1. The second kappa shape index (κ2) is 2.55. The number of aromatic amines is 1. The molecule has 1 heterocycles. The number of nitrogens with one attached hydrogen (secondary N) is 1. The molecule has 0 spiro atoms. The fourth-order valence-electron chi connectivity index (χ4n) is 0.477. The second-order valence-electron chi connectivity index (χ2n) is 1.65. The van der Waals surface area contributed by atoms with E-state index in [4.69, 9.17) is 0 Å². The molecule has 0 fully saturated rings. The smallest absolute Gasteiger partial charge is 0.268 e. The first-order valence-corrected chi connectivity index (χ1v) is 2.54. The Kier molecular flexibility index (Phi) is 1.75. The number of hydrogen-bond donors (Lipinski definition) is 1. The lowest BCUT2D eigenvalue weighted by Crippen LogP contribution is -2.07. The Hall–Kier alpha value is -1.26. The summed E-state index contributed by atoms with van der Waals surface area (Å²) >= 11 is 0. The van der Waals surface area contributed by atoms with Crippen LogP contribution in [0.4, 0.5) is 8.78 Å². The Labute approximate surface area is 54.7 Å². The van der Waals surface area contributed by atoms with Gasteiger partial charge in [-0.2, -0.15) is 5.10 Å². The molecule has 0 amide bonds. The highest BCUT2D eigenvalue weighted by Gasteiger charge is 2.06. The number of rotatable bonds is 1. The van der Waals surface area contributed by atoms with Crippen LogP contribution in [0.15, 0.2) is 16.9 Å². The molecule has 10 heavy (non-hydrogen) atoms. The molecule has 1 aromatic rings. The summed E-state index contributed by atoms with van der Waals surface area (Å²) in [6.07, 6.45) is -2.63. The van der Waals surface area contributed by atoms with E-state index < -0.39 is 17.7 Å². The highest BCUT2D eigenvalue weighted by Crippen LogP contribution is 2.12. The summed E-state index contributed by atoms with van der Waals surface area (Å²) < 4.78 is 23.4. The summed E-state index contributed by atoms with van der Waals surface area (Å²) in [5, 5.41) is 4.99. The van der Waals surface area contributed by atoms with E-state index in [1.165, 1.54) is 0 Å². The summed E-state index contributed by atoms with van der Waals surface area (Å²) in [6, 6.07) is 2.00. The van der Waals surface area contributed by atoms with Gasteiger partial charge in [0, 0.05) is 6.07 Å². The van der Waals surface area contributed by atoms with E-state index in [9.17, 15) is 13.6 Å². The average Bonchev–Trinajstić information content (AvgIpc) is 1.88. The van der Waals surface area contributed by atoms with Gasteiger partial charge < -0.3 is 0 Å². The third kappa shape index (κ3) is 1.37. The van der Waals surface area contributed by atoms with E-state index in [1.54, 1.807) is 0 Å². The molecule has 54 valence electrons. The molecular formula is C5H4F2N2O. The van der Waals surface area contributed by atoms with Gasteiger partial charge in [-0.25, -0.2) is 13.9 Å². The average molecular weight is 146 g/mol. The summed E-state index contributed by atoms with van der Waals surface area (Å²) in [7, 11) is 0. The van der Waals surface area contributed by atoms with Crippen LogP contribution < -0.4 is 5.56 Å². The third-order valence-corrected chi connectivity index (χ3v) is 0.924. The zero-order valence-corrected chi connectivity index (χ0v) is 4.84. The lowest BCUT2D eigenvalue weighted by molar-refractivity contribution is 0.144. The molecular weight excluding hydrogens is 142 g/mol. The molecule has 1 aromatic heterocycles. The quantitative estimate of drug-likeness (QED) is 0.634. The predicted molar refractivity (Wildman–Crippen MR) is 29.8 cm³/mol. The lowest BCUT2D eigenvalue weighted by atomic mass is 10.4. The van der Waals surface area contributed by atoms with Gasteiger partial charge in [0.15, 0.2) is 0 Å². The topological polar surface area (TPSA) is 45.8 Å². The predicted octanol–water partition coefficient (Wildman–Crippen LogP) is 0.708. The Morgan fingerprint density at radius 1 is 1.50 bits per heavy atom. The number of nitrogens with zero attached hydrogens (tertiary/aromatic N) is 1. The summed E-state index contributed by atoms with van der Waals surface area (Å²) in [5.41, 5.74) is -0.899. The monoisotopic (exact) mass is 146 g/mol. The third-order valence-electron chi connectivity index (χ3n) is 0.924. The standard InChI is InChI=1S/C5H4F2N2O/c6-5(7)3-1-2-4(10)9-8-3/h1-2,5H,(H,9,10). The SMILES string of the molecule is O=c1ccc(C(F)F)n[nH]1. The van der Waals surface area contributed by atoms with Gasteiger partial charge in [-0.3, -0.25) is 4.79 Å².